The number of nitrogens with zero attached hydrogens (tertiary/aromatic N) is 1. The van der Waals surface area contributed by atoms with Gasteiger partial charge in [0, 0.05) is 11.3 Å². The Morgan fingerprint density at radius 1 is 1.67 bits per heavy atom. The number of ether oxygens (including phenoxy) is 1. The van der Waals surface area contributed by atoms with Gasteiger partial charge in [0.2, 0.25) is 0 Å². The maximum atomic E-state index is 10.8. The van der Waals surface area contributed by atoms with Crippen LogP contribution in [0.2, 0.25) is 0 Å². The van der Waals surface area contributed by atoms with E-state index < -0.39 is 16.9 Å². The molecule has 0 aliphatic rings. The van der Waals surface area contributed by atoms with Gasteiger partial charge in [0.15, 0.2) is 0 Å². The summed E-state index contributed by atoms with van der Waals surface area (Å²) in [5, 5.41) is 10.3. The van der Waals surface area contributed by atoms with Crippen molar-refractivity contribution in [2.45, 2.75) is 32.2 Å². The van der Waals surface area contributed by atoms with Gasteiger partial charge in [0.25, 0.3) is 0 Å². The van der Waals surface area contributed by atoms with Gasteiger partial charge in [-0.2, -0.15) is 0 Å². The molecule has 0 heterocycles. The van der Waals surface area contributed by atoms with Crippen molar-refractivity contribution in [3.05, 3.63) is 10.1 Å². The molecule has 0 aliphatic carbocycles. The second kappa shape index (κ2) is 5.51. The van der Waals surface area contributed by atoms with Crippen LogP contribution in [0.15, 0.2) is 0 Å². The first-order valence-electron chi connectivity index (χ1n) is 3.84. The van der Waals surface area contributed by atoms with Gasteiger partial charge < -0.3 is 4.74 Å². The van der Waals surface area contributed by atoms with Crippen LogP contribution in [0.5, 0.6) is 0 Å². The zero-order valence-corrected chi connectivity index (χ0v) is 7.28. The van der Waals surface area contributed by atoms with E-state index in [1.165, 1.54) is 0 Å². The van der Waals surface area contributed by atoms with Crippen molar-refractivity contribution in [1.29, 1.82) is 0 Å². The van der Waals surface area contributed by atoms with Gasteiger partial charge in [-0.25, -0.2) is 4.79 Å². The van der Waals surface area contributed by atoms with Gasteiger partial charge in [-0.15, -0.1) is 0 Å². The first-order chi connectivity index (χ1) is 5.63. The Morgan fingerprint density at radius 3 is 2.58 bits per heavy atom. The molecule has 70 valence electrons. The molecular weight excluding hydrogens is 162 g/mol. The molecule has 12 heavy (non-hydrogen) atoms. The Kier molecular flexibility index (Phi) is 4.99. The van der Waals surface area contributed by atoms with Crippen LogP contribution in [-0.2, 0) is 9.53 Å². The highest BCUT2D eigenvalue weighted by atomic mass is 16.6. The minimum atomic E-state index is -1.19. The Bertz CT molecular complexity index is 169. The van der Waals surface area contributed by atoms with E-state index in [0.29, 0.717) is 6.42 Å². The van der Waals surface area contributed by atoms with E-state index >= 15 is 0 Å². The molecule has 0 aromatic carbocycles. The lowest BCUT2D eigenvalue weighted by Crippen LogP contribution is -2.30. The molecule has 5 nitrogen and oxygen atoms in total. The molecule has 5 heteroatoms. The Hall–Kier alpha value is -1.13. The first kappa shape index (κ1) is 10.9. The summed E-state index contributed by atoms with van der Waals surface area (Å²) in [7, 11) is 1.16. The van der Waals surface area contributed by atoms with Crippen LogP contribution in [0.25, 0.3) is 0 Å². The number of hydrogen-bond acceptors (Lipinski definition) is 4. The lowest BCUT2D eigenvalue weighted by atomic mass is 10.1. The van der Waals surface area contributed by atoms with E-state index in [0.717, 1.165) is 13.5 Å². The second-order valence-electron chi connectivity index (χ2n) is 2.47. The zero-order valence-electron chi connectivity index (χ0n) is 7.28. The Labute approximate surface area is 70.9 Å². The number of carbonyl (C=O) groups excluding carboxylic acids is 1. The summed E-state index contributed by atoms with van der Waals surface area (Å²) in [5.41, 5.74) is 0. The van der Waals surface area contributed by atoms with E-state index in [-0.39, 0.29) is 6.42 Å². The predicted molar refractivity (Wildman–Crippen MR) is 42.3 cm³/mol. The Balaban J connectivity index is 4.04. The van der Waals surface area contributed by atoms with Gasteiger partial charge in [0.05, 0.1) is 7.11 Å². The number of hydrogen-bond donors (Lipinski definition) is 0. The van der Waals surface area contributed by atoms with Crippen LogP contribution in [0.3, 0.4) is 0 Å². The smallest absolute Gasteiger partial charge is 0.381 e. The van der Waals surface area contributed by atoms with Crippen molar-refractivity contribution in [3.63, 3.8) is 0 Å². The lowest BCUT2D eigenvalue weighted by molar-refractivity contribution is -0.511. The second-order valence-corrected chi connectivity index (χ2v) is 2.47. The minimum absolute atomic E-state index is 0.260. The molecule has 0 saturated heterocycles. The maximum Gasteiger partial charge on any atom is 0.381 e. The van der Waals surface area contributed by atoms with E-state index in [1.54, 1.807) is 0 Å². The molecule has 0 bridgehead atoms. The third-order valence-electron chi connectivity index (χ3n) is 1.56. The van der Waals surface area contributed by atoms with Gasteiger partial charge in [0.1, 0.15) is 0 Å². The highest BCUT2D eigenvalue weighted by molar-refractivity contribution is 5.74. The lowest BCUT2D eigenvalue weighted by Gasteiger charge is -2.05. The van der Waals surface area contributed by atoms with Crippen molar-refractivity contribution >= 4 is 5.97 Å². The summed E-state index contributed by atoms with van der Waals surface area (Å²) in [6.45, 7) is 1.91. The summed E-state index contributed by atoms with van der Waals surface area (Å²) in [4.78, 5) is 20.5. The van der Waals surface area contributed by atoms with E-state index in [2.05, 4.69) is 4.74 Å². The fourth-order valence-corrected chi connectivity index (χ4v) is 0.843. The fourth-order valence-electron chi connectivity index (χ4n) is 0.843. The number of esters is 1. The van der Waals surface area contributed by atoms with E-state index in [1.807, 2.05) is 6.92 Å². The molecule has 0 aliphatic heterocycles. The van der Waals surface area contributed by atoms with Gasteiger partial charge in [-0.1, -0.05) is 13.3 Å². The molecule has 0 N–H and O–H groups in total. The molecule has 1 unspecified atom stereocenters. The largest absolute Gasteiger partial charge is 0.464 e. The normalized spacial score (nSPS) is 12.2. The van der Waals surface area contributed by atoms with Crippen LogP contribution in [0.1, 0.15) is 26.2 Å². The summed E-state index contributed by atoms with van der Waals surface area (Å²) in [6, 6.07) is -1.19. The Morgan fingerprint density at radius 2 is 2.25 bits per heavy atom. The summed E-state index contributed by atoms with van der Waals surface area (Å²) < 4.78 is 4.29. The van der Waals surface area contributed by atoms with Crippen LogP contribution in [-0.4, -0.2) is 24.0 Å². The highest BCUT2D eigenvalue weighted by Gasteiger charge is 2.29. The molecule has 0 rings (SSSR count). The number of unbranched alkanes of at least 4 members (excludes halogenated alkanes) is 1. The number of rotatable bonds is 5. The topological polar surface area (TPSA) is 69.4 Å². The molecule has 0 aromatic heterocycles. The summed E-state index contributed by atoms with van der Waals surface area (Å²) in [5.74, 6) is -0.756. The van der Waals surface area contributed by atoms with Gasteiger partial charge >= 0.3 is 12.0 Å². The third kappa shape index (κ3) is 3.32. The van der Waals surface area contributed by atoms with E-state index in [9.17, 15) is 14.9 Å². The predicted octanol–water partition coefficient (Wildman–Crippen LogP) is 0.995. The van der Waals surface area contributed by atoms with Gasteiger partial charge in [-0.3, -0.25) is 10.1 Å². The van der Waals surface area contributed by atoms with Crippen molar-refractivity contribution in [1.82, 2.24) is 0 Å². The van der Waals surface area contributed by atoms with Crippen LogP contribution < -0.4 is 0 Å². The van der Waals surface area contributed by atoms with Crippen LogP contribution in [0, 0.1) is 10.1 Å². The number of carbonyl (C=O) groups is 1. The van der Waals surface area contributed by atoms with Crippen molar-refractivity contribution in [2.24, 2.45) is 0 Å². The summed E-state index contributed by atoms with van der Waals surface area (Å²) >= 11 is 0. The molecule has 0 saturated carbocycles. The number of nitro groups is 1. The minimum Gasteiger partial charge on any atom is -0.464 e. The zero-order chi connectivity index (χ0) is 9.56. The quantitative estimate of drug-likeness (QED) is 0.355. The molecular formula is C7H13NO4. The molecule has 0 radical (unpaired) electrons. The number of methoxy groups -OCH3 is 1. The third-order valence-corrected chi connectivity index (χ3v) is 1.56. The SMILES string of the molecule is CCCCC(C(=O)OC)[N+](=O)[O-]. The average Bonchev–Trinajstić information content (AvgIpc) is 2.04. The van der Waals surface area contributed by atoms with Crippen LogP contribution in [0.4, 0.5) is 0 Å². The van der Waals surface area contributed by atoms with Crippen molar-refractivity contribution in [3.8, 4) is 0 Å². The fraction of sp³-hybridized carbons (Fsp3) is 0.857. The van der Waals surface area contributed by atoms with Crippen molar-refractivity contribution < 1.29 is 14.5 Å². The first-order valence-corrected chi connectivity index (χ1v) is 3.84. The molecule has 0 fully saturated rings. The summed E-state index contributed by atoms with van der Waals surface area (Å²) in [6.07, 6.45) is 1.76. The molecule has 0 spiro atoms. The molecule has 0 amide bonds. The van der Waals surface area contributed by atoms with Crippen LogP contribution >= 0.6 is 0 Å². The monoisotopic (exact) mass is 175 g/mol. The average molecular weight is 175 g/mol. The highest BCUT2D eigenvalue weighted by Crippen LogP contribution is 2.05. The molecule has 0 aromatic rings. The van der Waals surface area contributed by atoms with E-state index in [4.69, 9.17) is 0 Å². The maximum absolute atomic E-state index is 10.8. The molecule has 1 atom stereocenters. The van der Waals surface area contributed by atoms with Gasteiger partial charge in [-0.05, 0) is 6.42 Å². The van der Waals surface area contributed by atoms with Crippen molar-refractivity contribution in [2.75, 3.05) is 7.11 Å². The standard InChI is InChI=1S/C7H13NO4/c1-3-4-5-6(8(10)11)7(9)12-2/h6H,3-5H2,1-2H3.